The smallest absolute Gasteiger partial charge is 0.322 e. The lowest BCUT2D eigenvalue weighted by Crippen LogP contribution is -2.60. The van der Waals surface area contributed by atoms with Gasteiger partial charge in [0.15, 0.2) is 5.96 Å². The standard InChI is InChI=1S/C38H53IN12O16S3/c39-17-6-16(3-4-25(17)52)7-19-33(63)51-24(32(62)44-11-30(59)60)14-70-15-27(54)46-21(9-29(57)58)35(65)49-22(12-68)36(66)47-18(2-1-5-42-38(40)41)31(61)43-10-26(53)45-20(8-28(55)56)34(64)50-23(13-69)37(67)48-19/h3-4,6,18-24,52,68-69H,1-2,5,7-15H2,(H,43,61)(H,44,62)(H,45,53)(H,46,54)(H,47,66)(H,48,67)(H,49,65)(H,50,64)(H,51,63)(H,55,56)(H,57,58)(H,59,60)(H4,40,41,42)/t18-,19-,20-,21-,22-,23-,24-/m0/s1. The molecule has 70 heavy (non-hydrogen) atoms. The summed E-state index contributed by atoms with van der Waals surface area (Å²) in [6, 6.07) is -7.52. The lowest BCUT2D eigenvalue weighted by atomic mass is 10.0. The van der Waals surface area contributed by atoms with Crippen molar-refractivity contribution in [2.75, 3.05) is 42.6 Å². The van der Waals surface area contributed by atoms with E-state index in [1.807, 2.05) is 0 Å². The molecule has 1 aliphatic rings. The van der Waals surface area contributed by atoms with Gasteiger partial charge in [-0.2, -0.15) is 25.3 Å². The summed E-state index contributed by atoms with van der Waals surface area (Å²) in [5, 5.41) is 58.8. The van der Waals surface area contributed by atoms with Crippen LogP contribution < -0.4 is 59.3 Å². The Labute approximate surface area is 426 Å². The van der Waals surface area contributed by atoms with Crippen LogP contribution in [0, 0.1) is 3.57 Å². The number of nitrogens with two attached hydrogens (primary N) is 2. The van der Waals surface area contributed by atoms with Crippen molar-refractivity contribution in [3.63, 3.8) is 0 Å². The highest BCUT2D eigenvalue weighted by Gasteiger charge is 2.34. The number of thiol groups is 2. The van der Waals surface area contributed by atoms with Gasteiger partial charge in [-0.1, -0.05) is 6.07 Å². The molecule has 7 atom stereocenters. The molecule has 0 aliphatic carbocycles. The van der Waals surface area contributed by atoms with Crippen LogP contribution in [0.25, 0.3) is 0 Å². The molecule has 0 bridgehead atoms. The number of nitrogens with zero attached hydrogens (tertiary/aromatic N) is 1. The van der Waals surface area contributed by atoms with E-state index < -0.39 is 162 Å². The number of thioether (sulfide) groups is 1. The van der Waals surface area contributed by atoms with Gasteiger partial charge in [0.1, 0.15) is 54.6 Å². The number of guanidine groups is 1. The van der Waals surface area contributed by atoms with Crippen LogP contribution in [0.3, 0.4) is 0 Å². The molecule has 17 N–H and O–H groups in total. The van der Waals surface area contributed by atoms with E-state index in [0.29, 0.717) is 20.9 Å². The number of carboxylic acids is 3. The predicted octanol–water partition coefficient (Wildman–Crippen LogP) is -6.14. The van der Waals surface area contributed by atoms with Crippen molar-refractivity contribution in [1.29, 1.82) is 0 Å². The maximum atomic E-state index is 14.0. The van der Waals surface area contributed by atoms with Crippen LogP contribution in [0.5, 0.6) is 5.75 Å². The summed E-state index contributed by atoms with van der Waals surface area (Å²) >= 11 is 10.7. The molecule has 28 nitrogen and oxygen atoms in total. The normalized spacial score (nSPS) is 22.9. The van der Waals surface area contributed by atoms with E-state index in [2.05, 4.69) is 78.1 Å². The summed E-state index contributed by atoms with van der Waals surface area (Å²) in [7, 11) is 0. The molecule has 0 spiro atoms. The first kappa shape index (κ1) is 59.8. The Morgan fingerprint density at radius 1 is 0.700 bits per heavy atom. The third kappa shape index (κ3) is 22.0. The summed E-state index contributed by atoms with van der Waals surface area (Å²) in [4.78, 5) is 160. The van der Waals surface area contributed by atoms with Crippen LogP contribution >= 0.6 is 59.6 Å². The number of carbonyl (C=O) groups excluding carboxylic acids is 9. The average molecular weight is 1160 g/mol. The van der Waals surface area contributed by atoms with Gasteiger partial charge in [-0.15, -0.1) is 11.8 Å². The zero-order valence-electron chi connectivity index (χ0n) is 36.7. The minimum atomic E-state index is -1.89. The number of halogens is 1. The number of aromatic hydroxyl groups is 1. The zero-order valence-corrected chi connectivity index (χ0v) is 41.5. The molecule has 0 aromatic heterocycles. The summed E-state index contributed by atoms with van der Waals surface area (Å²) in [6.45, 7) is -1.87. The van der Waals surface area contributed by atoms with Gasteiger partial charge in [0.05, 0.1) is 28.7 Å². The monoisotopic (exact) mass is 1160 g/mol. The Morgan fingerprint density at radius 3 is 1.73 bits per heavy atom. The van der Waals surface area contributed by atoms with Crippen LogP contribution in [-0.2, 0) is 64.0 Å². The first-order valence-corrected chi connectivity index (χ1v) is 24.1. The van der Waals surface area contributed by atoms with Gasteiger partial charge in [-0.05, 0) is 53.1 Å². The number of phenols is 1. The number of nitrogens with one attached hydrogen (secondary N) is 9. The minimum Gasteiger partial charge on any atom is -0.507 e. The third-order valence-corrected chi connectivity index (χ3v) is 12.0. The highest BCUT2D eigenvalue weighted by Crippen LogP contribution is 2.21. The van der Waals surface area contributed by atoms with E-state index in [1.54, 1.807) is 22.6 Å². The molecule has 1 saturated heterocycles. The van der Waals surface area contributed by atoms with E-state index in [4.69, 9.17) is 11.5 Å². The third-order valence-electron chi connectivity index (χ3n) is 9.34. The van der Waals surface area contributed by atoms with Crippen molar-refractivity contribution in [1.82, 2.24) is 47.9 Å². The van der Waals surface area contributed by atoms with E-state index in [9.17, 15) is 78.0 Å². The molecule has 386 valence electrons. The molecule has 1 heterocycles. The zero-order chi connectivity index (χ0) is 52.7. The van der Waals surface area contributed by atoms with Gasteiger partial charge in [0.2, 0.25) is 53.2 Å². The first-order chi connectivity index (χ1) is 32.9. The molecular formula is C38H53IN12O16S3. The van der Waals surface area contributed by atoms with Crippen LogP contribution in [-0.4, -0.2) is 182 Å². The van der Waals surface area contributed by atoms with Crippen LogP contribution in [0.2, 0.25) is 0 Å². The number of hydrogen-bond acceptors (Lipinski definition) is 17. The lowest BCUT2D eigenvalue weighted by Gasteiger charge is -2.26. The molecule has 9 amide bonds. The van der Waals surface area contributed by atoms with Gasteiger partial charge >= 0.3 is 17.9 Å². The van der Waals surface area contributed by atoms with Crippen molar-refractivity contribution >= 4 is 137 Å². The van der Waals surface area contributed by atoms with E-state index in [1.165, 1.54) is 18.2 Å². The highest BCUT2D eigenvalue weighted by molar-refractivity contribution is 14.1. The van der Waals surface area contributed by atoms with E-state index >= 15 is 0 Å². The fourth-order valence-electron chi connectivity index (χ4n) is 5.92. The van der Waals surface area contributed by atoms with Gasteiger partial charge in [-0.3, -0.25) is 62.5 Å². The van der Waals surface area contributed by atoms with Crippen molar-refractivity contribution < 1.29 is 78.0 Å². The molecule has 2 rings (SSSR count). The summed E-state index contributed by atoms with van der Waals surface area (Å²) in [5.74, 6) is -16.9. The Bertz CT molecular complexity index is 2170. The number of amides is 9. The number of hydrogen-bond donors (Lipinski definition) is 17. The van der Waals surface area contributed by atoms with Crippen LogP contribution in [0.4, 0.5) is 0 Å². The topological polar surface area (TPSA) is 458 Å². The highest BCUT2D eigenvalue weighted by atomic mass is 127. The second-order valence-electron chi connectivity index (χ2n) is 14.9. The van der Waals surface area contributed by atoms with Gasteiger partial charge in [0, 0.05) is 30.2 Å². The van der Waals surface area contributed by atoms with E-state index in [0.717, 1.165) is 0 Å². The fourth-order valence-corrected chi connectivity index (χ4v) is 7.87. The molecule has 1 aromatic carbocycles. The molecule has 1 fully saturated rings. The van der Waals surface area contributed by atoms with Crippen molar-refractivity contribution in [3.05, 3.63) is 27.3 Å². The quantitative estimate of drug-likeness (QED) is 0.0255. The van der Waals surface area contributed by atoms with Crippen molar-refractivity contribution in [2.45, 2.75) is 74.4 Å². The van der Waals surface area contributed by atoms with Gasteiger partial charge < -0.3 is 79.7 Å². The molecule has 0 unspecified atom stereocenters. The molecule has 1 aliphatic heterocycles. The largest absolute Gasteiger partial charge is 0.507 e. The number of aliphatic imine (C=N–C) groups is 1. The maximum Gasteiger partial charge on any atom is 0.322 e. The van der Waals surface area contributed by atoms with E-state index in [-0.39, 0.29) is 37.5 Å². The Hall–Kier alpha value is -6.29. The molecule has 1 aromatic rings. The second kappa shape index (κ2) is 30.3. The summed E-state index contributed by atoms with van der Waals surface area (Å²) in [5.41, 5.74) is 11.1. The number of carboxylic acid groups (broad SMARTS) is 3. The first-order valence-electron chi connectivity index (χ1n) is 20.6. The van der Waals surface area contributed by atoms with Crippen LogP contribution in [0.1, 0.15) is 31.2 Å². The fraction of sp³-hybridized carbons (Fsp3) is 0.500. The Balaban J connectivity index is 2.66. The van der Waals surface area contributed by atoms with Crippen molar-refractivity contribution in [2.24, 2.45) is 16.5 Å². The number of phenolic OH excluding ortho intramolecular Hbond substituents is 1. The molecule has 0 saturated carbocycles. The molecule has 32 heteroatoms. The van der Waals surface area contributed by atoms with Gasteiger partial charge in [0.25, 0.3) is 0 Å². The Kier molecular flexibility index (Phi) is 25.9. The lowest BCUT2D eigenvalue weighted by molar-refractivity contribution is -0.141. The average Bonchev–Trinajstić information content (AvgIpc) is 3.28. The van der Waals surface area contributed by atoms with Gasteiger partial charge in [-0.25, -0.2) is 0 Å². The second-order valence-corrected chi connectivity index (χ2v) is 17.8. The number of benzene rings is 1. The number of carbonyl (C=O) groups is 12. The molecular weight excluding hydrogens is 1100 g/mol. The number of aliphatic carboxylic acids is 3. The Morgan fingerprint density at radius 2 is 1.21 bits per heavy atom. The maximum absolute atomic E-state index is 14.0. The SMILES string of the molecule is NC(N)=NCCC[C@@H]1NC(=O)[C@H](CS)NC(=O)[C@H](CC(=O)O)NC(=O)CSC[C@@H](C(=O)NCC(=O)O)NC(=O)[C@H](Cc2ccc(O)c(I)c2)NC(=O)[C@H](CS)NC(=O)[C@H](CC(=O)O)NC(=O)CNC1=O. The predicted molar refractivity (Wildman–Crippen MR) is 261 cm³/mol. The summed E-state index contributed by atoms with van der Waals surface area (Å²) in [6.07, 6.45) is -2.53. The minimum absolute atomic E-state index is 0.0365. The number of rotatable bonds is 15. The summed E-state index contributed by atoms with van der Waals surface area (Å²) < 4.78 is 0.328. The molecule has 0 radical (unpaired) electrons. The van der Waals surface area contributed by atoms with Crippen molar-refractivity contribution in [3.8, 4) is 5.75 Å². The van der Waals surface area contributed by atoms with Crippen LogP contribution in [0.15, 0.2) is 23.2 Å².